The maximum atomic E-state index is 12.7. The summed E-state index contributed by atoms with van der Waals surface area (Å²) in [6.07, 6.45) is 1.71. The van der Waals surface area contributed by atoms with Crippen molar-refractivity contribution in [1.29, 1.82) is 0 Å². The average Bonchev–Trinajstić information content (AvgIpc) is 3.26. The van der Waals surface area contributed by atoms with Gasteiger partial charge in [0.25, 0.3) is 5.91 Å². The van der Waals surface area contributed by atoms with Crippen LogP contribution >= 0.6 is 23.4 Å². The minimum atomic E-state index is -0.276. The van der Waals surface area contributed by atoms with Crippen molar-refractivity contribution in [1.82, 2.24) is 9.78 Å². The fourth-order valence-corrected chi connectivity index (χ4v) is 3.90. The quantitative estimate of drug-likeness (QED) is 0.360. The molecule has 7 heteroatoms. The molecule has 0 aliphatic heterocycles. The molecule has 4 aromatic rings. The minimum absolute atomic E-state index is 0.189. The molecule has 3 aromatic carbocycles. The van der Waals surface area contributed by atoms with Gasteiger partial charge in [-0.15, -0.1) is 0 Å². The molecule has 0 fully saturated rings. The number of rotatable bonds is 7. The molecule has 0 atom stereocenters. The van der Waals surface area contributed by atoms with Gasteiger partial charge in [0.1, 0.15) is 5.75 Å². The predicted octanol–water partition coefficient (Wildman–Crippen LogP) is 6.28. The third-order valence-electron chi connectivity index (χ3n) is 4.47. The van der Waals surface area contributed by atoms with Crippen molar-refractivity contribution in [2.75, 3.05) is 5.32 Å². The van der Waals surface area contributed by atoms with Gasteiger partial charge in [-0.05, 0) is 61.0 Å². The Morgan fingerprint density at radius 3 is 2.65 bits per heavy atom. The summed E-state index contributed by atoms with van der Waals surface area (Å²) in [7, 11) is 0. The molecule has 0 aliphatic rings. The molecule has 0 saturated heterocycles. The largest absolute Gasteiger partial charge is 0.471 e. The van der Waals surface area contributed by atoms with Crippen molar-refractivity contribution >= 4 is 35.0 Å². The number of ether oxygens (including phenoxy) is 1. The van der Waals surface area contributed by atoms with Crippen LogP contribution in [0.1, 0.15) is 16.1 Å². The summed E-state index contributed by atoms with van der Waals surface area (Å²) >= 11 is 7.63. The molecule has 0 aliphatic carbocycles. The second kappa shape index (κ2) is 9.73. The zero-order chi connectivity index (χ0) is 21.6. The van der Waals surface area contributed by atoms with Gasteiger partial charge in [-0.1, -0.05) is 53.7 Å². The van der Waals surface area contributed by atoms with Gasteiger partial charge in [0.05, 0.1) is 5.69 Å². The van der Waals surface area contributed by atoms with Crippen LogP contribution < -0.4 is 10.1 Å². The second-order valence-electron chi connectivity index (χ2n) is 6.79. The van der Waals surface area contributed by atoms with Gasteiger partial charge in [0.15, 0.2) is 12.4 Å². The molecule has 1 heterocycles. The van der Waals surface area contributed by atoms with E-state index in [-0.39, 0.29) is 12.6 Å². The first kappa shape index (κ1) is 21.0. The van der Waals surface area contributed by atoms with Gasteiger partial charge in [-0.2, -0.15) is 5.10 Å². The van der Waals surface area contributed by atoms with E-state index in [1.54, 1.807) is 40.8 Å². The molecular weight excluding hydrogens is 430 g/mol. The number of benzene rings is 3. The van der Waals surface area contributed by atoms with E-state index < -0.39 is 0 Å². The molecule has 5 nitrogen and oxygen atoms in total. The molecular formula is C24H20ClN3O2S. The van der Waals surface area contributed by atoms with Crippen LogP contribution in [0.25, 0.3) is 0 Å². The van der Waals surface area contributed by atoms with Gasteiger partial charge in [0, 0.05) is 21.0 Å². The predicted molar refractivity (Wildman–Crippen MR) is 124 cm³/mol. The first-order valence-electron chi connectivity index (χ1n) is 9.64. The molecule has 1 N–H and O–H groups in total. The van der Waals surface area contributed by atoms with Gasteiger partial charge in [0.2, 0.25) is 0 Å². The number of anilines is 1. The highest BCUT2D eigenvalue weighted by Crippen LogP contribution is 2.33. The smallest absolute Gasteiger partial charge is 0.276 e. The Balaban J connectivity index is 1.41. The molecule has 1 aromatic heterocycles. The van der Waals surface area contributed by atoms with Crippen molar-refractivity contribution in [2.45, 2.75) is 23.4 Å². The lowest BCUT2D eigenvalue weighted by Crippen LogP contribution is -2.14. The molecule has 0 unspecified atom stereocenters. The third kappa shape index (κ3) is 5.48. The van der Waals surface area contributed by atoms with Crippen LogP contribution in [0.3, 0.4) is 0 Å². The summed E-state index contributed by atoms with van der Waals surface area (Å²) in [5.41, 5.74) is 1.99. The third-order valence-corrected chi connectivity index (χ3v) is 5.98. The van der Waals surface area contributed by atoms with Crippen molar-refractivity contribution in [3.05, 3.63) is 101 Å². The molecule has 0 bridgehead atoms. The van der Waals surface area contributed by atoms with Crippen LogP contribution in [0.2, 0.25) is 5.02 Å². The number of carbonyl (C=O) groups excluding carboxylic acids is 1. The van der Waals surface area contributed by atoms with Gasteiger partial charge < -0.3 is 10.1 Å². The van der Waals surface area contributed by atoms with Gasteiger partial charge in [-0.3, -0.25) is 4.79 Å². The van der Waals surface area contributed by atoms with E-state index >= 15 is 0 Å². The molecule has 1 amide bonds. The van der Waals surface area contributed by atoms with Crippen LogP contribution in [-0.4, -0.2) is 15.7 Å². The van der Waals surface area contributed by atoms with Crippen LogP contribution in [0.15, 0.2) is 94.9 Å². The summed E-state index contributed by atoms with van der Waals surface area (Å²) in [6, 6.07) is 24.8. The number of aromatic nitrogens is 2. The van der Waals surface area contributed by atoms with Gasteiger partial charge >= 0.3 is 0 Å². The number of nitrogens with zero attached hydrogens (tertiary/aromatic N) is 2. The Morgan fingerprint density at radius 1 is 1.06 bits per heavy atom. The van der Waals surface area contributed by atoms with Crippen molar-refractivity contribution in [3.8, 4) is 5.75 Å². The zero-order valence-electron chi connectivity index (χ0n) is 16.8. The van der Waals surface area contributed by atoms with E-state index in [1.807, 2.05) is 67.6 Å². The van der Waals surface area contributed by atoms with E-state index in [9.17, 15) is 4.79 Å². The van der Waals surface area contributed by atoms with Crippen molar-refractivity contribution < 1.29 is 9.53 Å². The summed E-state index contributed by atoms with van der Waals surface area (Å²) in [6.45, 7) is 2.11. The lowest BCUT2D eigenvalue weighted by Gasteiger charge is -2.10. The van der Waals surface area contributed by atoms with Crippen molar-refractivity contribution in [3.63, 3.8) is 0 Å². The maximum absolute atomic E-state index is 12.7. The van der Waals surface area contributed by atoms with Crippen LogP contribution in [-0.2, 0) is 6.73 Å². The number of nitrogens with one attached hydrogen (secondary N) is 1. The van der Waals surface area contributed by atoms with Crippen LogP contribution in [0.4, 0.5) is 5.69 Å². The Bertz CT molecular complexity index is 1190. The fourth-order valence-electron chi connectivity index (χ4n) is 2.86. The highest BCUT2D eigenvalue weighted by molar-refractivity contribution is 7.99. The Labute approximate surface area is 190 Å². The van der Waals surface area contributed by atoms with Crippen LogP contribution in [0, 0.1) is 6.92 Å². The highest BCUT2D eigenvalue weighted by Gasteiger charge is 2.13. The summed E-state index contributed by atoms with van der Waals surface area (Å²) in [5, 5.41) is 7.97. The second-order valence-corrected chi connectivity index (χ2v) is 8.31. The van der Waals surface area contributed by atoms with E-state index in [4.69, 9.17) is 16.3 Å². The SMILES string of the molecule is Cc1cc(OCn2ccc(C(=O)Nc3ccccc3Sc3ccccc3)n2)ccc1Cl. The number of halogens is 1. The molecule has 0 radical (unpaired) electrons. The normalized spacial score (nSPS) is 10.6. The lowest BCUT2D eigenvalue weighted by molar-refractivity contribution is 0.102. The minimum Gasteiger partial charge on any atom is -0.471 e. The fraction of sp³-hybridized carbons (Fsp3) is 0.0833. The van der Waals surface area contributed by atoms with E-state index in [0.717, 1.165) is 21.0 Å². The van der Waals surface area contributed by atoms with E-state index in [0.29, 0.717) is 16.5 Å². The number of aryl methyl sites for hydroxylation is 1. The zero-order valence-corrected chi connectivity index (χ0v) is 18.4. The van der Waals surface area contributed by atoms with E-state index in [1.165, 1.54) is 0 Å². The number of hydrogen-bond acceptors (Lipinski definition) is 4. The number of carbonyl (C=O) groups is 1. The molecule has 4 rings (SSSR count). The summed E-state index contributed by atoms with van der Waals surface area (Å²) in [4.78, 5) is 14.8. The monoisotopic (exact) mass is 449 g/mol. The van der Waals surface area contributed by atoms with Crippen molar-refractivity contribution in [2.24, 2.45) is 0 Å². The number of hydrogen-bond donors (Lipinski definition) is 1. The lowest BCUT2D eigenvalue weighted by atomic mass is 10.2. The summed E-state index contributed by atoms with van der Waals surface area (Å²) in [5.74, 6) is 0.414. The molecule has 31 heavy (non-hydrogen) atoms. The van der Waals surface area contributed by atoms with E-state index in [2.05, 4.69) is 10.4 Å². The first-order chi connectivity index (χ1) is 15.1. The first-order valence-corrected chi connectivity index (χ1v) is 10.8. The van der Waals surface area contributed by atoms with Crippen LogP contribution in [0.5, 0.6) is 5.75 Å². The molecule has 156 valence electrons. The highest BCUT2D eigenvalue weighted by atomic mass is 35.5. The Kier molecular flexibility index (Phi) is 6.60. The number of amides is 1. The molecule has 0 saturated carbocycles. The number of para-hydroxylation sites is 1. The average molecular weight is 450 g/mol. The standard InChI is InChI=1S/C24H20ClN3O2S/c1-17-15-18(11-12-20(17)25)30-16-28-14-13-22(27-28)24(29)26-21-9-5-6-10-23(21)31-19-7-3-2-4-8-19/h2-15H,16H2,1H3,(H,26,29). The van der Waals surface area contributed by atoms with Gasteiger partial charge in [-0.25, -0.2) is 4.68 Å². The molecule has 0 spiro atoms. The summed E-state index contributed by atoms with van der Waals surface area (Å²) < 4.78 is 7.30. The maximum Gasteiger partial charge on any atom is 0.276 e. The Morgan fingerprint density at radius 2 is 1.84 bits per heavy atom. The topological polar surface area (TPSA) is 56.1 Å². The Hall–Kier alpha value is -3.22.